The molecule has 0 aliphatic carbocycles. The average Bonchev–Trinajstić information content (AvgIpc) is 2.94. The van der Waals surface area contributed by atoms with Gasteiger partial charge in [0.15, 0.2) is 16.4 Å². The zero-order valence-corrected chi connectivity index (χ0v) is 13.8. The van der Waals surface area contributed by atoms with Crippen LogP contribution in [-0.4, -0.2) is 42.3 Å². The molecule has 1 N–H and O–H groups in total. The number of amides is 1. The molecule has 1 amide bonds. The summed E-state index contributed by atoms with van der Waals surface area (Å²) >= 11 is 0. The number of benzene rings is 2. The fraction of sp³-hybridized carbons (Fsp3) is 0.133. The van der Waals surface area contributed by atoms with Crippen LogP contribution in [0.2, 0.25) is 0 Å². The summed E-state index contributed by atoms with van der Waals surface area (Å²) in [6.07, 6.45) is 1.08. The first-order valence-corrected chi connectivity index (χ1v) is 8.96. The molecule has 10 heteroatoms. The van der Waals surface area contributed by atoms with Crippen molar-refractivity contribution in [2.24, 2.45) is 0 Å². The molecule has 1 heterocycles. The molecular weight excluding hydrogens is 351 g/mol. The number of nitrogens with one attached hydrogen (secondary N) is 1. The molecule has 1 aromatic heterocycles. The third-order valence-electron chi connectivity index (χ3n) is 3.24. The lowest BCUT2D eigenvalue weighted by Crippen LogP contribution is -2.26. The first-order chi connectivity index (χ1) is 11.8. The van der Waals surface area contributed by atoms with Crippen molar-refractivity contribution in [3.8, 4) is 0 Å². The van der Waals surface area contributed by atoms with E-state index in [-0.39, 0.29) is 10.6 Å². The van der Waals surface area contributed by atoms with Gasteiger partial charge in [0.25, 0.3) is 5.91 Å². The van der Waals surface area contributed by atoms with Crippen molar-refractivity contribution in [3.63, 3.8) is 0 Å². The monoisotopic (exact) mass is 364 g/mol. The highest BCUT2D eigenvalue weighted by Crippen LogP contribution is 2.16. The van der Waals surface area contributed by atoms with Gasteiger partial charge in [0.2, 0.25) is 0 Å². The van der Waals surface area contributed by atoms with Gasteiger partial charge in [-0.2, -0.15) is 0 Å². The Morgan fingerprint density at radius 1 is 1.28 bits per heavy atom. The van der Waals surface area contributed by atoms with Crippen LogP contribution in [-0.2, 0) is 14.6 Å². The Morgan fingerprint density at radius 3 is 2.80 bits per heavy atom. The van der Waals surface area contributed by atoms with Crippen LogP contribution in [0.4, 0.5) is 10.1 Å². The number of rotatable bonds is 5. The molecule has 8 nitrogen and oxygen atoms in total. The molecule has 0 saturated heterocycles. The molecule has 3 aromatic rings. The normalized spacial score (nSPS) is 11.4. The van der Waals surface area contributed by atoms with Gasteiger partial charge in [-0.25, -0.2) is 12.8 Å². The van der Waals surface area contributed by atoms with E-state index in [4.69, 9.17) is 4.84 Å². The van der Waals surface area contributed by atoms with Gasteiger partial charge in [0.05, 0.1) is 4.90 Å². The molecule has 0 aliphatic heterocycles. The largest absolute Gasteiger partial charge is 0.385 e. The Labute approximate surface area is 142 Å². The fourth-order valence-electron chi connectivity index (χ4n) is 2.09. The Bertz CT molecular complexity index is 1050. The summed E-state index contributed by atoms with van der Waals surface area (Å²) in [5.41, 5.74) is 1.01. The predicted octanol–water partition coefficient (Wildman–Crippen LogP) is 1.04. The molecule has 0 saturated carbocycles. The van der Waals surface area contributed by atoms with Crippen LogP contribution in [0.25, 0.3) is 11.0 Å². The van der Waals surface area contributed by atoms with E-state index in [0.29, 0.717) is 11.0 Å². The standard InChI is InChI=1S/C15H13FN4O4S/c1-25(22,23)12-5-6-13-14(8-12)20(19-18-13)24-9-15(21)17-11-4-2-3-10(16)7-11/h2-8H,9H2,1H3,(H,17,21). The van der Waals surface area contributed by atoms with Crippen molar-refractivity contribution in [2.45, 2.75) is 4.90 Å². The summed E-state index contributed by atoms with van der Waals surface area (Å²) in [6, 6.07) is 9.68. The van der Waals surface area contributed by atoms with E-state index in [9.17, 15) is 17.6 Å². The van der Waals surface area contributed by atoms with Crippen LogP contribution in [0, 0.1) is 5.82 Å². The van der Waals surface area contributed by atoms with Gasteiger partial charge in [-0.15, -0.1) is 5.10 Å². The number of carbonyl (C=O) groups excluding carboxylic acids is 1. The Balaban J connectivity index is 1.73. The van der Waals surface area contributed by atoms with Gasteiger partial charge >= 0.3 is 0 Å². The highest BCUT2D eigenvalue weighted by Gasteiger charge is 2.13. The molecule has 0 spiro atoms. The smallest absolute Gasteiger partial charge is 0.265 e. The third-order valence-corrected chi connectivity index (χ3v) is 4.35. The molecule has 3 rings (SSSR count). The Kier molecular flexibility index (Phi) is 4.36. The topological polar surface area (TPSA) is 103 Å². The van der Waals surface area contributed by atoms with Crippen molar-refractivity contribution >= 4 is 32.5 Å². The van der Waals surface area contributed by atoms with Gasteiger partial charge in [0, 0.05) is 11.9 Å². The van der Waals surface area contributed by atoms with Crippen LogP contribution in [0.3, 0.4) is 0 Å². The van der Waals surface area contributed by atoms with E-state index in [1.165, 1.54) is 42.5 Å². The summed E-state index contributed by atoms with van der Waals surface area (Å²) < 4.78 is 36.3. The van der Waals surface area contributed by atoms with Crippen molar-refractivity contribution in [1.82, 2.24) is 15.2 Å². The summed E-state index contributed by atoms with van der Waals surface area (Å²) in [7, 11) is -3.40. The van der Waals surface area contributed by atoms with Crippen LogP contribution in [0.5, 0.6) is 0 Å². The van der Waals surface area contributed by atoms with Crippen molar-refractivity contribution in [2.75, 3.05) is 18.2 Å². The Morgan fingerprint density at radius 2 is 2.08 bits per heavy atom. The minimum Gasteiger partial charge on any atom is -0.385 e. The van der Waals surface area contributed by atoms with Crippen molar-refractivity contribution < 1.29 is 22.4 Å². The van der Waals surface area contributed by atoms with E-state index in [0.717, 1.165) is 11.1 Å². The van der Waals surface area contributed by atoms with Crippen molar-refractivity contribution in [1.29, 1.82) is 0 Å². The first kappa shape index (κ1) is 16.8. The lowest BCUT2D eigenvalue weighted by molar-refractivity contribution is -0.121. The SMILES string of the molecule is CS(=O)(=O)c1ccc2nnn(OCC(=O)Nc3cccc(F)c3)c2c1. The summed E-state index contributed by atoms with van der Waals surface area (Å²) in [6.45, 7) is -0.419. The molecule has 0 fully saturated rings. The minimum absolute atomic E-state index is 0.0800. The molecule has 0 atom stereocenters. The van der Waals surface area contributed by atoms with Crippen LogP contribution in [0.1, 0.15) is 0 Å². The number of aromatic nitrogens is 3. The quantitative estimate of drug-likeness (QED) is 0.726. The summed E-state index contributed by atoms with van der Waals surface area (Å²) in [4.78, 5) is 18.1. The highest BCUT2D eigenvalue weighted by atomic mass is 32.2. The number of fused-ring (bicyclic) bond motifs is 1. The highest BCUT2D eigenvalue weighted by molar-refractivity contribution is 7.90. The number of hydrogen-bond donors (Lipinski definition) is 1. The lowest BCUT2D eigenvalue weighted by atomic mass is 10.3. The molecule has 0 bridgehead atoms. The second kappa shape index (κ2) is 6.48. The molecule has 0 radical (unpaired) electrons. The number of sulfone groups is 1. The average molecular weight is 364 g/mol. The van der Waals surface area contributed by atoms with E-state index >= 15 is 0 Å². The van der Waals surface area contributed by atoms with Crippen LogP contribution < -0.4 is 10.2 Å². The van der Waals surface area contributed by atoms with Gasteiger partial charge in [-0.1, -0.05) is 10.9 Å². The molecule has 2 aromatic carbocycles. The number of hydrogen-bond acceptors (Lipinski definition) is 6. The van der Waals surface area contributed by atoms with Gasteiger partial charge in [0.1, 0.15) is 16.9 Å². The van der Waals surface area contributed by atoms with E-state index in [2.05, 4.69) is 15.6 Å². The Hall–Kier alpha value is -3.01. The second-order valence-electron chi connectivity index (χ2n) is 5.22. The lowest BCUT2D eigenvalue weighted by Gasteiger charge is -2.07. The predicted molar refractivity (Wildman–Crippen MR) is 87.1 cm³/mol. The molecule has 0 aliphatic rings. The summed E-state index contributed by atoms with van der Waals surface area (Å²) in [5, 5.41) is 10.0. The maximum absolute atomic E-state index is 13.1. The zero-order chi connectivity index (χ0) is 18.0. The van der Waals surface area contributed by atoms with E-state index < -0.39 is 28.2 Å². The third kappa shape index (κ3) is 3.91. The number of carbonyl (C=O) groups is 1. The number of nitrogens with zero attached hydrogens (tertiary/aromatic N) is 3. The van der Waals surface area contributed by atoms with Crippen molar-refractivity contribution in [3.05, 3.63) is 48.3 Å². The first-order valence-electron chi connectivity index (χ1n) is 7.07. The minimum atomic E-state index is -3.40. The van der Waals surface area contributed by atoms with Gasteiger partial charge < -0.3 is 10.2 Å². The molecular formula is C15H13FN4O4S. The van der Waals surface area contributed by atoms with Gasteiger partial charge in [-0.05, 0) is 41.6 Å². The summed E-state index contributed by atoms with van der Waals surface area (Å²) in [5.74, 6) is -1.01. The molecule has 130 valence electrons. The van der Waals surface area contributed by atoms with E-state index in [1.807, 2.05) is 0 Å². The zero-order valence-electron chi connectivity index (χ0n) is 13.0. The van der Waals surface area contributed by atoms with E-state index in [1.54, 1.807) is 0 Å². The van der Waals surface area contributed by atoms with Gasteiger partial charge in [-0.3, -0.25) is 4.79 Å². The maximum Gasteiger partial charge on any atom is 0.265 e. The van der Waals surface area contributed by atoms with Crippen LogP contribution >= 0.6 is 0 Å². The molecule has 25 heavy (non-hydrogen) atoms. The number of halogens is 1. The maximum atomic E-state index is 13.1. The van der Waals surface area contributed by atoms with Crippen LogP contribution in [0.15, 0.2) is 47.4 Å². The number of anilines is 1. The fourth-order valence-corrected chi connectivity index (χ4v) is 2.73. The second-order valence-corrected chi connectivity index (χ2v) is 7.23. The molecule has 0 unspecified atom stereocenters.